The summed E-state index contributed by atoms with van der Waals surface area (Å²) < 4.78 is 5.16. The van der Waals surface area contributed by atoms with E-state index >= 15 is 0 Å². The lowest BCUT2D eigenvalue weighted by Crippen LogP contribution is -1.90. The number of aromatic nitrogens is 3. The van der Waals surface area contributed by atoms with Gasteiger partial charge in [-0.2, -0.15) is 5.10 Å². The van der Waals surface area contributed by atoms with Crippen molar-refractivity contribution in [1.29, 1.82) is 0 Å². The standard InChI is InChI=1S/C15H14N4O.2ClH/c1-20-11-7-5-10(6-8-11)13-14(18-19-15(13)16)12-4-2-3-9-17-12;;/h2-9H,1H3,(H3,16,18,19);2*1H. The van der Waals surface area contributed by atoms with Crippen LogP contribution in [0.25, 0.3) is 22.5 Å². The molecule has 0 aliphatic rings. The highest BCUT2D eigenvalue weighted by atomic mass is 35.5. The monoisotopic (exact) mass is 338 g/mol. The fraction of sp³-hybridized carbons (Fsp3) is 0.0667. The predicted molar refractivity (Wildman–Crippen MR) is 92.7 cm³/mol. The highest BCUT2D eigenvalue weighted by molar-refractivity contribution is 5.86. The Hall–Kier alpha value is -2.24. The van der Waals surface area contributed by atoms with E-state index in [1.54, 1.807) is 13.3 Å². The molecule has 3 rings (SSSR count). The van der Waals surface area contributed by atoms with E-state index < -0.39 is 0 Å². The number of benzene rings is 1. The lowest BCUT2D eigenvalue weighted by Gasteiger charge is -2.05. The summed E-state index contributed by atoms with van der Waals surface area (Å²) in [6.45, 7) is 0. The number of hydrogen-bond acceptors (Lipinski definition) is 4. The number of rotatable bonds is 3. The summed E-state index contributed by atoms with van der Waals surface area (Å²) in [5, 5.41) is 7.04. The van der Waals surface area contributed by atoms with Gasteiger partial charge in [-0.1, -0.05) is 18.2 Å². The first kappa shape index (κ1) is 17.8. The normalized spacial score (nSPS) is 9.50. The molecule has 0 aliphatic carbocycles. The van der Waals surface area contributed by atoms with E-state index in [1.807, 2.05) is 42.5 Å². The second kappa shape index (κ2) is 7.68. The maximum atomic E-state index is 5.98. The van der Waals surface area contributed by atoms with Crippen LogP contribution in [-0.4, -0.2) is 22.3 Å². The Morgan fingerprint density at radius 2 is 1.77 bits per heavy atom. The molecule has 7 heteroatoms. The topological polar surface area (TPSA) is 76.8 Å². The fourth-order valence-corrected chi connectivity index (χ4v) is 2.10. The molecule has 0 fully saturated rings. The minimum absolute atomic E-state index is 0. The summed E-state index contributed by atoms with van der Waals surface area (Å²) in [6.07, 6.45) is 1.74. The van der Waals surface area contributed by atoms with Gasteiger partial charge in [0.1, 0.15) is 5.75 Å². The zero-order valence-electron chi connectivity index (χ0n) is 11.8. The molecule has 3 N–H and O–H groups in total. The number of nitrogen functional groups attached to an aromatic ring is 1. The minimum atomic E-state index is 0. The van der Waals surface area contributed by atoms with E-state index in [1.165, 1.54) is 0 Å². The molecule has 1 aromatic carbocycles. The molecule has 3 aromatic rings. The maximum absolute atomic E-state index is 5.98. The van der Waals surface area contributed by atoms with Gasteiger partial charge in [-0.05, 0) is 29.8 Å². The zero-order valence-corrected chi connectivity index (χ0v) is 13.4. The second-order valence-electron chi connectivity index (χ2n) is 4.30. The van der Waals surface area contributed by atoms with Gasteiger partial charge in [0.15, 0.2) is 5.82 Å². The van der Waals surface area contributed by atoms with Gasteiger partial charge in [-0.15, -0.1) is 24.8 Å². The molecule has 0 spiro atoms. The number of methoxy groups -OCH3 is 1. The Morgan fingerprint density at radius 3 is 2.36 bits per heavy atom. The Bertz CT molecular complexity index is 714. The van der Waals surface area contributed by atoms with Gasteiger partial charge in [0, 0.05) is 6.20 Å². The van der Waals surface area contributed by atoms with Crippen molar-refractivity contribution >= 4 is 30.6 Å². The molecule has 2 aromatic heterocycles. The van der Waals surface area contributed by atoms with Crippen LogP contribution < -0.4 is 10.5 Å². The van der Waals surface area contributed by atoms with Gasteiger partial charge >= 0.3 is 0 Å². The summed E-state index contributed by atoms with van der Waals surface area (Å²) in [6, 6.07) is 13.4. The minimum Gasteiger partial charge on any atom is -0.497 e. The largest absolute Gasteiger partial charge is 0.497 e. The van der Waals surface area contributed by atoms with Crippen molar-refractivity contribution in [3.05, 3.63) is 48.7 Å². The molecule has 0 amide bonds. The average molecular weight is 339 g/mol. The molecule has 0 radical (unpaired) electrons. The summed E-state index contributed by atoms with van der Waals surface area (Å²) in [5.41, 5.74) is 9.42. The molecular formula is C15H16Cl2N4O. The number of halogens is 2. The SMILES string of the molecule is COc1ccc(-c2c(N)n[nH]c2-c2ccccn2)cc1.Cl.Cl. The van der Waals surface area contributed by atoms with Crippen LogP contribution in [0.2, 0.25) is 0 Å². The third kappa shape index (κ3) is 3.32. The van der Waals surface area contributed by atoms with Crippen LogP contribution in [0.1, 0.15) is 0 Å². The average Bonchev–Trinajstić information content (AvgIpc) is 2.90. The first-order chi connectivity index (χ1) is 9.79. The van der Waals surface area contributed by atoms with E-state index in [0.717, 1.165) is 28.3 Å². The highest BCUT2D eigenvalue weighted by Crippen LogP contribution is 2.34. The van der Waals surface area contributed by atoms with Gasteiger partial charge in [0.25, 0.3) is 0 Å². The van der Waals surface area contributed by atoms with Crippen molar-refractivity contribution in [2.75, 3.05) is 12.8 Å². The van der Waals surface area contributed by atoms with Crippen molar-refractivity contribution in [2.24, 2.45) is 0 Å². The predicted octanol–water partition coefficient (Wildman–Crippen LogP) is 3.57. The van der Waals surface area contributed by atoms with Gasteiger partial charge in [0.2, 0.25) is 0 Å². The Morgan fingerprint density at radius 1 is 1.05 bits per heavy atom. The number of nitrogens with zero attached hydrogens (tertiary/aromatic N) is 2. The zero-order chi connectivity index (χ0) is 13.9. The van der Waals surface area contributed by atoms with Gasteiger partial charge in [0.05, 0.1) is 24.1 Å². The van der Waals surface area contributed by atoms with E-state index in [2.05, 4.69) is 15.2 Å². The molecule has 2 heterocycles. The van der Waals surface area contributed by atoms with E-state index in [-0.39, 0.29) is 24.8 Å². The molecule has 116 valence electrons. The van der Waals surface area contributed by atoms with Gasteiger partial charge in [-0.3, -0.25) is 10.1 Å². The third-order valence-electron chi connectivity index (χ3n) is 3.09. The number of anilines is 1. The lowest BCUT2D eigenvalue weighted by molar-refractivity contribution is 0.415. The van der Waals surface area contributed by atoms with Gasteiger partial charge in [-0.25, -0.2) is 0 Å². The quantitative estimate of drug-likeness (QED) is 0.765. The van der Waals surface area contributed by atoms with Gasteiger partial charge < -0.3 is 10.5 Å². The molecule has 0 atom stereocenters. The van der Waals surface area contributed by atoms with Crippen LogP contribution in [0.5, 0.6) is 5.75 Å². The number of nitrogens with one attached hydrogen (secondary N) is 1. The fourth-order valence-electron chi connectivity index (χ4n) is 2.10. The number of pyridine rings is 1. The second-order valence-corrected chi connectivity index (χ2v) is 4.30. The molecule has 22 heavy (non-hydrogen) atoms. The first-order valence-corrected chi connectivity index (χ1v) is 6.19. The smallest absolute Gasteiger partial charge is 0.153 e. The summed E-state index contributed by atoms with van der Waals surface area (Å²) in [5.74, 6) is 1.26. The van der Waals surface area contributed by atoms with Crippen LogP contribution >= 0.6 is 24.8 Å². The Labute approximate surface area is 140 Å². The van der Waals surface area contributed by atoms with Crippen molar-refractivity contribution in [2.45, 2.75) is 0 Å². The van der Waals surface area contributed by atoms with E-state index in [9.17, 15) is 0 Å². The molecule has 0 saturated carbocycles. The molecular weight excluding hydrogens is 323 g/mol. The maximum Gasteiger partial charge on any atom is 0.153 e. The van der Waals surface area contributed by atoms with Crippen LogP contribution in [0.15, 0.2) is 48.7 Å². The highest BCUT2D eigenvalue weighted by Gasteiger charge is 2.15. The van der Waals surface area contributed by atoms with Crippen molar-refractivity contribution in [3.63, 3.8) is 0 Å². The van der Waals surface area contributed by atoms with Crippen LogP contribution in [0.4, 0.5) is 5.82 Å². The first-order valence-electron chi connectivity index (χ1n) is 6.19. The molecule has 5 nitrogen and oxygen atoms in total. The molecule has 0 bridgehead atoms. The van der Waals surface area contributed by atoms with Crippen LogP contribution in [0.3, 0.4) is 0 Å². The van der Waals surface area contributed by atoms with E-state index in [4.69, 9.17) is 10.5 Å². The van der Waals surface area contributed by atoms with Crippen LogP contribution in [-0.2, 0) is 0 Å². The summed E-state index contributed by atoms with van der Waals surface area (Å²) >= 11 is 0. The number of aromatic amines is 1. The number of H-pyrrole nitrogens is 1. The third-order valence-corrected chi connectivity index (χ3v) is 3.09. The molecule has 0 saturated heterocycles. The van der Waals surface area contributed by atoms with Crippen molar-refractivity contribution in [3.8, 4) is 28.3 Å². The number of nitrogens with two attached hydrogens (primary N) is 1. The van der Waals surface area contributed by atoms with Crippen molar-refractivity contribution < 1.29 is 4.74 Å². The number of ether oxygens (including phenoxy) is 1. The molecule has 0 aliphatic heterocycles. The Kier molecular flexibility index (Phi) is 6.22. The van der Waals surface area contributed by atoms with Crippen molar-refractivity contribution in [1.82, 2.24) is 15.2 Å². The molecule has 0 unspecified atom stereocenters. The lowest BCUT2D eigenvalue weighted by atomic mass is 10.0. The van der Waals surface area contributed by atoms with Crippen LogP contribution in [0, 0.1) is 0 Å². The summed E-state index contributed by atoms with van der Waals surface area (Å²) in [7, 11) is 1.64. The summed E-state index contributed by atoms with van der Waals surface area (Å²) in [4.78, 5) is 4.33. The number of hydrogen-bond donors (Lipinski definition) is 2. The van der Waals surface area contributed by atoms with E-state index in [0.29, 0.717) is 5.82 Å². The Balaban J connectivity index is 0.00000121.